The SMILES string of the molecule is N#Cc1ccc(N2C(=O)C=CC2=O)cc1. The van der Waals surface area contributed by atoms with Crippen molar-refractivity contribution >= 4 is 17.5 Å². The van der Waals surface area contributed by atoms with Crippen LogP contribution in [0.2, 0.25) is 0 Å². The van der Waals surface area contributed by atoms with Crippen LogP contribution in [0.15, 0.2) is 36.4 Å². The summed E-state index contributed by atoms with van der Waals surface area (Å²) in [6.07, 6.45) is 2.45. The van der Waals surface area contributed by atoms with E-state index in [4.69, 9.17) is 5.26 Å². The van der Waals surface area contributed by atoms with Gasteiger partial charge in [-0.25, -0.2) is 4.90 Å². The molecule has 0 unspecified atom stereocenters. The summed E-state index contributed by atoms with van der Waals surface area (Å²) in [7, 11) is 0. The van der Waals surface area contributed by atoms with Gasteiger partial charge in [-0.3, -0.25) is 9.59 Å². The lowest BCUT2D eigenvalue weighted by Crippen LogP contribution is -2.29. The summed E-state index contributed by atoms with van der Waals surface area (Å²) < 4.78 is 0. The minimum atomic E-state index is -0.357. The van der Waals surface area contributed by atoms with E-state index >= 15 is 0 Å². The number of imide groups is 1. The van der Waals surface area contributed by atoms with Gasteiger partial charge in [-0.1, -0.05) is 0 Å². The molecule has 0 fully saturated rings. The molecule has 1 aromatic rings. The topological polar surface area (TPSA) is 61.2 Å². The second-order valence-corrected chi connectivity index (χ2v) is 3.00. The van der Waals surface area contributed by atoms with Gasteiger partial charge in [-0.15, -0.1) is 0 Å². The van der Waals surface area contributed by atoms with E-state index in [0.717, 1.165) is 4.90 Å². The molecule has 0 N–H and O–H groups in total. The maximum Gasteiger partial charge on any atom is 0.258 e. The van der Waals surface area contributed by atoms with E-state index in [2.05, 4.69) is 0 Å². The van der Waals surface area contributed by atoms with Crippen LogP contribution in [-0.4, -0.2) is 11.8 Å². The first-order valence-corrected chi connectivity index (χ1v) is 4.28. The van der Waals surface area contributed by atoms with E-state index in [9.17, 15) is 9.59 Å². The first kappa shape index (κ1) is 9.16. The smallest absolute Gasteiger partial charge is 0.258 e. The fourth-order valence-corrected chi connectivity index (χ4v) is 1.34. The van der Waals surface area contributed by atoms with Crippen molar-refractivity contribution in [1.82, 2.24) is 0 Å². The quantitative estimate of drug-likeness (QED) is 0.632. The molecule has 1 aliphatic rings. The fraction of sp³-hybridized carbons (Fsp3) is 0. The average molecular weight is 198 g/mol. The first-order valence-electron chi connectivity index (χ1n) is 4.28. The molecule has 1 heterocycles. The van der Waals surface area contributed by atoms with Crippen LogP contribution in [0.3, 0.4) is 0 Å². The zero-order valence-corrected chi connectivity index (χ0v) is 7.68. The monoisotopic (exact) mass is 198 g/mol. The van der Waals surface area contributed by atoms with Crippen LogP contribution in [0, 0.1) is 11.3 Å². The Hall–Kier alpha value is -2.41. The highest BCUT2D eigenvalue weighted by atomic mass is 16.2. The number of carbonyl (C=O) groups excluding carboxylic acids is 2. The lowest BCUT2D eigenvalue weighted by atomic mass is 10.2. The number of carbonyl (C=O) groups is 2. The predicted octanol–water partition coefficient (Wildman–Crippen LogP) is 0.988. The zero-order chi connectivity index (χ0) is 10.8. The Morgan fingerprint density at radius 1 is 1.00 bits per heavy atom. The summed E-state index contributed by atoms with van der Waals surface area (Å²) >= 11 is 0. The van der Waals surface area contributed by atoms with E-state index in [1.54, 1.807) is 24.3 Å². The molecule has 0 aromatic heterocycles. The van der Waals surface area contributed by atoms with Crippen LogP contribution in [0.25, 0.3) is 0 Å². The highest BCUT2D eigenvalue weighted by Crippen LogP contribution is 2.18. The number of anilines is 1. The second-order valence-electron chi connectivity index (χ2n) is 3.00. The van der Waals surface area contributed by atoms with Crippen LogP contribution in [0.4, 0.5) is 5.69 Å². The van der Waals surface area contributed by atoms with Crippen LogP contribution >= 0.6 is 0 Å². The summed E-state index contributed by atoms with van der Waals surface area (Å²) in [5.41, 5.74) is 0.972. The molecule has 0 bridgehead atoms. The van der Waals surface area contributed by atoms with Crippen molar-refractivity contribution in [1.29, 1.82) is 5.26 Å². The summed E-state index contributed by atoms with van der Waals surface area (Å²) in [5, 5.41) is 8.59. The minimum absolute atomic E-state index is 0.357. The van der Waals surface area contributed by atoms with Crippen molar-refractivity contribution in [2.75, 3.05) is 4.90 Å². The third kappa shape index (κ3) is 1.51. The van der Waals surface area contributed by atoms with Gasteiger partial charge in [0.15, 0.2) is 0 Å². The number of nitrogens with zero attached hydrogens (tertiary/aromatic N) is 2. The van der Waals surface area contributed by atoms with Crippen molar-refractivity contribution in [2.24, 2.45) is 0 Å². The van der Waals surface area contributed by atoms with Gasteiger partial charge in [0.25, 0.3) is 11.8 Å². The fourth-order valence-electron chi connectivity index (χ4n) is 1.34. The van der Waals surface area contributed by atoms with E-state index in [-0.39, 0.29) is 11.8 Å². The van der Waals surface area contributed by atoms with Gasteiger partial charge >= 0.3 is 0 Å². The van der Waals surface area contributed by atoms with Crippen LogP contribution in [0.1, 0.15) is 5.56 Å². The molecule has 72 valence electrons. The molecule has 0 saturated heterocycles. The molecule has 1 aromatic carbocycles. The Morgan fingerprint density at radius 2 is 1.53 bits per heavy atom. The molecular weight excluding hydrogens is 192 g/mol. The maximum atomic E-state index is 11.3. The molecule has 0 saturated carbocycles. The molecule has 4 heteroatoms. The summed E-state index contributed by atoms with van der Waals surface area (Å²) in [6, 6.07) is 8.23. The van der Waals surface area contributed by atoms with Gasteiger partial charge in [0, 0.05) is 12.2 Å². The molecule has 2 amide bonds. The Labute approximate surface area is 86.0 Å². The number of hydrogen-bond donors (Lipinski definition) is 0. The molecule has 0 atom stereocenters. The Morgan fingerprint density at radius 3 is 2.00 bits per heavy atom. The summed E-state index contributed by atoms with van der Waals surface area (Å²) in [4.78, 5) is 23.6. The molecule has 1 aliphatic heterocycles. The Bertz CT molecular complexity index is 476. The standard InChI is InChI=1S/C11H6N2O2/c12-7-8-1-3-9(4-2-8)13-10(14)5-6-11(13)15/h1-6H. The average Bonchev–Trinajstić information content (AvgIpc) is 2.59. The Balaban J connectivity index is 2.35. The van der Waals surface area contributed by atoms with Gasteiger partial charge in [-0.2, -0.15) is 5.26 Å². The van der Waals surface area contributed by atoms with Gasteiger partial charge < -0.3 is 0 Å². The highest BCUT2D eigenvalue weighted by Gasteiger charge is 2.24. The van der Waals surface area contributed by atoms with Crippen LogP contribution in [-0.2, 0) is 9.59 Å². The maximum absolute atomic E-state index is 11.3. The lowest BCUT2D eigenvalue weighted by molar-refractivity contribution is -0.119. The highest BCUT2D eigenvalue weighted by molar-refractivity contribution is 6.28. The number of rotatable bonds is 1. The molecule has 2 rings (SSSR count). The largest absolute Gasteiger partial charge is 0.269 e. The number of nitriles is 1. The number of amides is 2. The number of benzene rings is 1. The minimum Gasteiger partial charge on any atom is -0.269 e. The van der Waals surface area contributed by atoms with Crippen molar-refractivity contribution < 1.29 is 9.59 Å². The normalized spacial score (nSPS) is 14.5. The molecule has 0 aliphatic carbocycles. The number of hydrogen-bond acceptors (Lipinski definition) is 3. The van der Waals surface area contributed by atoms with E-state index < -0.39 is 0 Å². The van der Waals surface area contributed by atoms with Crippen LogP contribution in [0.5, 0.6) is 0 Å². The molecular formula is C11H6N2O2. The summed E-state index contributed by atoms with van der Waals surface area (Å²) in [6.45, 7) is 0. The lowest BCUT2D eigenvalue weighted by Gasteiger charge is -2.13. The van der Waals surface area contributed by atoms with E-state index in [1.807, 2.05) is 6.07 Å². The van der Waals surface area contributed by atoms with Crippen molar-refractivity contribution in [3.05, 3.63) is 42.0 Å². The molecule has 15 heavy (non-hydrogen) atoms. The first-order chi connectivity index (χ1) is 7.22. The Kier molecular flexibility index (Phi) is 2.07. The zero-order valence-electron chi connectivity index (χ0n) is 7.68. The molecule has 4 nitrogen and oxygen atoms in total. The van der Waals surface area contributed by atoms with Gasteiger partial charge in [0.1, 0.15) is 0 Å². The predicted molar refractivity (Wildman–Crippen MR) is 52.8 cm³/mol. The van der Waals surface area contributed by atoms with E-state index in [0.29, 0.717) is 11.3 Å². The summed E-state index contributed by atoms with van der Waals surface area (Å²) in [5.74, 6) is -0.714. The van der Waals surface area contributed by atoms with Crippen LogP contribution < -0.4 is 4.90 Å². The van der Waals surface area contributed by atoms with E-state index in [1.165, 1.54) is 12.2 Å². The van der Waals surface area contributed by atoms with Crippen molar-refractivity contribution in [3.63, 3.8) is 0 Å². The molecule has 0 radical (unpaired) electrons. The van der Waals surface area contributed by atoms with Crippen molar-refractivity contribution in [3.8, 4) is 6.07 Å². The van der Waals surface area contributed by atoms with Gasteiger partial charge in [-0.05, 0) is 24.3 Å². The third-order valence-electron chi connectivity index (χ3n) is 2.06. The third-order valence-corrected chi connectivity index (χ3v) is 2.06. The second kappa shape index (κ2) is 3.39. The van der Waals surface area contributed by atoms with Crippen molar-refractivity contribution in [2.45, 2.75) is 0 Å². The molecule has 0 spiro atoms. The van der Waals surface area contributed by atoms with Gasteiger partial charge in [0.05, 0.1) is 17.3 Å². The van der Waals surface area contributed by atoms with Gasteiger partial charge in [0.2, 0.25) is 0 Å².